The number of amides is 1. The second-order valence-electron chi connectivity index (χ2n) is 5.24. The molecule has 5 nitrogen and oxygen atoms in total. The molecule has 6 heteroatoms. The summed E-state index contributed by atoms with van der Waals surface area (Å²) in [5, 5.41) is 9.18. The molecular weight excluding hydrogens is 328 g/mol. The number of nitrogens with zero attached hydrogens (tertiary/aromatic N) is 2. The van der Waals surface area contributed by atoms with Crippen LogP contribution in [0.3, 0.4) is 0 Å². The third-order valence-corrected chi connectivity index (χ3v) is 3.99. The van der Waals surface area contributed by atoms with Crippen molar-refractivity contribution in [3.8, 4) is 6.07 Å². The highest BCUT2D eigenvalue weighted by atomic mass is 35.5. The molecule has 128 valence electrons. The van der Waals surface area contributed by atoms with Crippen molar-refractivity contribution < 1.29 is 14.3 Å². The molecule has 1 unspecified atom stereocenters. The molecule has 1 rings (SSSR count). The Morgan fingerprint density at radius 2 is 2.17 bits per heavy atom. The normalized spacial score (nSPS) is 11.2. The number of benzene rings is 1. The zero-order valence-corrected chi connectivity index (χ0v) is 14.5. The highest BCUT2D eigenvalue weighted by Crippen LogP contribution is 2.19. The van der Waals surface area contributed by atoms with Gasteiger partial charge in [-0.25, -0.2) is 4.79 Å². The molecule has 0 saturated heterocycles. The number of nitriles is 1. The van der Waals surface area contributed by atoms with E-state index in [2.05, 4.69) is 6.58 Å². The van der Waals surface area contributed by atoms with Gasteiger partial charge in [0.05, 0.1) is 0 Å². The molecule has 0 aliphatic heterocycles. The van der Waals surface area contributed by atoms with E-state index in [0.29, 0.717) is 24.3 Å². The number of esters is 1. The predicted octanol–water partition coefficient (Wildman–Crippen LogP) is 3.13. The molecule has 24 heavy (non-hydrogen) atoms. The minimum absolute atomic E-state index is 0.173. The van der Waals surface area contributed by atoms with E-state index in [0.717, 1.165) is 5.56 Å². The van der Waals surface area contributed by atoms with Gasteiger partial charge in [-0.2, -0.15) is 5.26 Å². The number of hydrogen-bond donors (Lipinski definition) is 0. The Balaban J connectivity index is 2.82. The molecule has 1 amide bonds. The first kappa shape index (κ1) is 19.7. The standard InChI is InChI=1S/C18H21ClN2O3/c1-3-4-9-17(22)21(2)16(18(23)24-13-12-20)11-10-14-7-5-6-8-15(14)19/h3,5-8,16H,1,4,9-11,13H2,2H3. The van der Waals surface area contributed by atoms with Gasteiger partial charge in [0.25, 0.3) is 0 Å². The van der Waals surface area contributed by atoms with Crippen molar-refractivity contribution in [1.29, 1.82) is 5.26 Å². The number of hydrogen-bond acceptors (Lipinski definition) is 4. The molecular formula is C18H21ClN2O3. The van der Waals surface area contributed by atoms with Gasteiger partial charge in [0.1, 0.15) is 12.1 Å². The minimum atomic E-state index is -0.757. The van der Waals surface area contributed by atoms with Crippen LogP contribution in [-0.4, -0.2) is 36.5 Å². The molecule has 0 fully saturated rings. The summed E-state index contributed by atoms with van der Waals surface area (Å²) in [6.07, 6.45) is 3.34. The maximum Gasteiger partial charge on any atom is 0.329 e. The highest BCUT2D eigenvalue weighted by molar-refractivity contribution is 6.31. The Morgan fingerprint density at radius 1 is 1.46 bits per heavy atom. The van der Waals surface area contributed by atoms with Gasteiger partial charge < -0.3 is 9.64 Å². The van der Waals surface area contributed by atoms with Gasteiger partial charge in [0.15, 0.2) is 6.61 Å². The number of rotatable bonds is 9. The van der Waals surface area contributed by atoms with Crippen LogP contribution in [-0.2, 0) is 20.7 Å². The first-order valence-electron chi connectivity index (χ1n) is 7.64. The third-order valence-electron chi connectivity index (χ3n) is 3.62. The van der Waals surface area contributed by atoms with Crippen molar-refractivity contribution in [2.24, 2.45) is 0 Å². The second kappa shape index (κ2) is 10.5. The highest BCUT2D eigenvalue weighted by Gasteiger charge is 2.27. The zero-order valence-electron chi connectivity index (χ0n) is 13.7. The van der Waals surface area contributed by atoms with E-state index >= 15 is 0 Å². The fourth-order valence-corrected chi connectivity index (χ4v) is 2.47. The topological polar surface area (TPSA) is 70.4 Å². The summed E-state index contributed by atoms with van der Waals surface area (Å²) in [4.78, 5) is 25.8. The lowest BCUT2D eigenvalue weighted by atomic mass is 10.0. The first-order valence-corrected chi connectivity index (χ1v) is 8.02. The lowest BCUT2D eigenvalue weighted by Crippen LogP contribution is -2.43. The van der Waals surface area contributed by atoms with Gasteiger partial charge in [0.2, 0.25) is 5.91 Å². The molecule has 1 aromatic carbocycles. The van der Waals surface area contributed by atoms with Crippen LogP contribution in [0.25, 0.3) is 0 Å². The largest absolute Gasteiger partial charge is 0.449 e. The molecule has 0 spiro atoms. The Labute approximate surface area is 147 Å². The van der Waals surface area contributed by atoms with Gasteiger partial charge in [0, 0.05) is 18.5 Å². The summed E-state index contributed by atoms with van der Waals surface area (Å²) < 4.78 is 4.90. The van der Waals surface area contributed by atoms with E-state index in [1.165, 1.54) is 4.90 Å². The van der Waals surface area contributed by atoms with Crippen LogP contribution in [0.1, 0.15) is 24.8 Å². The van der Waals surface area contributed by atoms with Crippen LogP contribution in [0.15, 0.2) is 36.9 Å². The monoisotopic (exact) mass is 348 g/mol. The van der Waals surface area contributed by atoms with Crippen LogP contribution in [0.2, 0.25) is 5.02 Å². The van der Waals surface area contributed by atoms with Gasteiger partial charge >= 0.3 is 5.97 Å². The van der Waals surface area contributed by atoms with Crippen LogP contribution in [0.4, 0.5) is 0 Å². The summed E-state index contributed by atoms with van der Waals surface area (Å²) in [5.74, 6) is -0.758. The van der Waals surface area contributed by atoms with Crippen LogP contribution in [0.5, 0.6) is 0 Å². The molecule has 0 bridgehead atoms. The summed E-state index contributed by atoms with van der Waals surface area (Å²) in [6, 6.07) is 8.34. The van der Waals surface area contributed by atoms with Gasteiger partial charge in [-0.3, -0.25) is 4.79 Å². The fourth-order valence-electron chi connectivity index (χ4n) is 2.24. The Bertz CT molecular complexity index is 625. The summed E-state index contributed by atoms with van der Waals surface area (Å²) in [6.45, 7) is 3.25. The van der Waals surface area contributed by atoms with Crippen LogP contribution < -0.4 is 0 Å². The Morgan fingerprint density at radius 3 is 2.79 bits per heavy atom. The van der Waals surface area contributed by atoms with Gasteiger partial charge in [-0.1, -0.05) is 35.9 Å². The minimum Gasteiger partial charge on any atom is -0.449 e. The van der Waals surface area contributed by atoms with E-state index in [-0.39, 0.29) is 18.9 Å². The summed E-state index contributed by atoms with van der Waals surface area (Å²) in [5.41, 5.74) is 0.893. The quantitative estimate of drug-likeness (QED) is 0.507. The molecule has 0 radical (unpaired) electrons. The number of carbonyl (C=O) groups is 2. The smallest absolute Gasteiger partial charge is 0.329 e. The summed E-state index contributed by atoms with van der Waals surface area (Å²) in [7, 11) is 1.57. The Kier molecular flexibility index (Phi) is 8.59. The molecule has 0 heterocycles. The molecule has 1 aromatic rings. The van der Waals surface area contributed by atoms with E-state index in [1.54, 1.807) is 25.3 Å². The van der Waals surface area contributed by atoms with E-state index in [1.807, 2.05) is 18.2 Å². The van der Waals surface area contributed by atoms with Crippen molar-refractivity contribution in [1.82, 2.24) is 4.90 Å². The van der Waals surface area contributed by atoms with Gasteiger partial charge in [-0.05, 0) is 30.9 Å². The third kappa shape index (κ3) is 6.05. The number of halogens is 1. The molecule has 0 aliphatic carbocycles. The van der Waals surface area contributed by atoms with Gasteiger partial charge in [-0.15, -0.1) is 6.58 Å². The second-order valence-corrected chi connectivity index (χ2v) is 5.65. The van der Waals surface area contributed by atoms with E-state index < -0.39 is 12.0 Å². The average molecular weight is 349 g/mol. The van der Waals surface area contributed by atoms with Crippen molar-refractivity contribution in [2.45, 2.75) is 31.7 Å². The lowest BCUT2D eigenvalue weighted by molar-refractivity contribution is -0.153. The zero-order chi connectivity index (χ0) is 17.9. The van der Waals surface area contributed by atoms with Crippen LogP contribution in [0, 0.1) is 11.3 Å². The molecule has 0 N–H and O–H groups in total. The number of ether oxygens (including phenoxy) is 1. The van der Waals surface area contributed by atoms with Crippen molar-refractivity contribution in [3.63, 3.8) is 0 Å². The van der Waals surface area contributed by atoms with Crippen molar-refractivity contribution in [2.75, 3.05) is 13.7 Å². The van der Waals surface area contributed by atoms with Crippen molar-refractivity contribution in [3.05, 3.63) is 47.5 Å². The molecule has 0 saturated carbocycles. The maximum atomic E-state index is 12.2. The number of likely N-dealkylation sites (N-methyl/N-ethyl adjacent to an activating group) is 1. The molecule has 0 aliphatic rings. The fraction of sp³-hybridized carbons (Fsp3) is 0.389. The average Bonchev–Trinajstić information content (AvgIpc) is 2.59. The number of allylic oxidation sites excluding steroid dienone is 1. The SMILES string of the molecule is C=CCCC(=O)N(C)C(CCc1ccccc1Cl)C(=O)OCC#N. The van der Waals surface area contributed by atoms with E-state index in [4.69, 9.17) is 21.6 Å². The Hall–Kier alpha value is -2.32. The van der Waals surface area contributed by atoms with E-state index in [9.17, 15) is 9.59 Å². The predicted molar refractivity (Wildman–Crippen MR) is 92.3 cm³/mol. The van der Waals surface area contributed by atoms with Crippen LogP contribution >= 0.6 is 11.6 Å². The summed E-state index contributed by atoms with van der Waals surface area (Å²) >= 11 is 6.13. The first-order chi connectivity index (χ1) is 11.5. The van der Waals surface area contributed by atoms with Crippen molar-refractivity contribution >= 4 is 23.5 Å². The lowest BCUT2D eigenvalue weighted by Gasteiger charge is -2.26. The number of aryl methyl sites for hydroxylation is 1. The maximum absolute atomic E-state index is 12.2. The number of carbonyl (C=O) groups excluding carboxylic acids is 2. The molecule has 0 aromatic heterocycles. The molecule has 1 atom stereocenters.